The molecule has 4 N–H and O–H groups in total. The number of sulfonamides is 1. The molecule has 1 heterocycles. The van der Waals surface area contributed by atoms with Crippen molar-refractivity contribution in [3.05, 3.63) is 70.9 Å². The van der Waals surface area contributed by atoms with Crippen molar-refractivity contribution in [2.75, 3.05) is 4.72 Å². The number of carbonyl (C=O) groups is 1. The maximum Gasteiger partial charge on any atom is 0.335 e. The Morgan fingerprint density at radius 3 is 2.34 bits per heavy atom. The van der Waals surface area contributed by atoms with E-state index >= 15 is 0 Å². The Labute approximate surface area is 206 Å². The minimum atomic E-state index is -4.12. The Kier molecular flexibility index (Phi) is 8.24. The van der Waals surface area contributed by atoms with Crippen LogP contribution in [0.3, 0.4) is 0 Å². The lowest BCUT2D eigenvalue weighted by Gasteiger charge is -2.16. The largest absolute Gasteiger partial charge is 0.478 e. The van der Waals surface area contributed by atoms with Crippen molar-refractivity contribution in [2.24, 2.45) is 11.7 Å². The van der Waals surface area contributed by atoms with E-state index in [0.29, 0.717) is 30.1 Å². The van der Waals surface area contributed by atoms with Gasteiger partial charge in [0.25, 0.3) is 10.0 Å². The fourth-order valence-corrected chi connectivity index (χ4v) is 5.04. The maximum absolute atomic E-state index is 13.1. The van der Waals surface area contributed by atoms with Crippen molar-refractivity contribution in [1.29, 1.82) is 0 Å². The highest BCUT2D eigenvalue weighted by atomic mass is 32.2. The smallest absolute Gasteiger partial charge is 0.335 e. The second-order valence-corrected chi connectivity index (χ2v) is 10.9. The van der Waals surface area contributed by atoms with Crippen LogP contribution in [-0.2, 0) is 16.4 Å². The highest BCUT2D eigenvalue weighted by molar-refractivity contribution is 7.92. The zero-order valence-electron chi connectivity index (χ0n) is 20.4. The second kappa shape index (κ2) is 11.0. The molecule has 0 radical (unpaired) electrons. The normalized spacial score (nSPS) is 12.5. The van der Waals surface area contributed by atoms with E-state index in [-0.39, 0.29) is 22.4 Å². The molecule has 0 unspecified atom stereocenters. The molecule has 0 aliphatic carbocycles. The Morgan fingerprint density at radius 1 is 1.06 bits per heavy atom. The molecular weight excluding hydrogens is 464 g/mol. The van der Waals surface area contributed by atoms with Gasteiger partial charge < -0.3 is 10.8 Å². The van der Waals surface area contributed by atoms with Gasteiger partial charge in [-0.05, 0) is 74.4 Å². The van der Waals surface area contributed by atoms with Gasteiger partial charge in [0.2, 0.25) is 5.95 Å². The van der Waals surface area contributed by atoms with Crippen molar-refractivity contribution in [1.82, 2.24) is 9.97 Å². The molecular formula is C26H32N4O4S. The van der Waals surface area contributed by atoms with Crippen LogP contribution in [-0.4, -0.2) is 35.5 Å². The van der Waals surface area contributed by atoms with Gasteiger partial charge in [-0.1, -0.05) is 38.1 Å². The number of benzene rings is 2. The molecule has 0 aliphatic heterocycles. The minimum Gasteiger partial charge on any atom is -0.478 e. The molecule has 0 saturated heterocycles. The van der Waals surface area contributed by atoms with Gasteiger partial charge in [0, 0.05) is 17.3 Å². The van der Waals surface area contributed by atoms with E-state index in [1.165, 1.54) is 18.2 Å². The first-order chi connectivity index (χ1) is 16.5. The van der Waals surface area contributed by atoms with Gasteiger partial charge in [-0.25, -0.2) is 27.9 Å². The first kappa shape index (κ1) is 26.3. The topological polar surface area (TPSA) is 135 Å². The maximum atomic E-state index is 13.1. The van der Waals surface area contributed by atoms with Crippen LogP contribution in [0.15, 0.2) is 53.4 Å². The summed E-state index contributed by atoms with van der Waals surface area (Å²) < 4.78 is 28.5. The molecule has 0 aliphatic rings. The average Bonchev–Trinajstić information content (AvgIpc) is 2.77. The fourth-order valence-electron chi connectivity index (χ4n) is 4.05. The molecule has 0 fully saturated rings. The van der Waals surface area contributed by atoms with Gasteiger partial charge in [-0.2, -0.15) is 0 Å². The number of nitrogens with two attached hydrogens (primary N) is 1. The number of rotatable bonds is 10. The van der Waals surface area contributed by atoms with E-state index in [9.17, 15) is 18.3 Å². The zero-order valence-corrected chi connectivity index (χ0v) is 21.3. The lowest BCUT2D eigenvalue weighted by molar-refractivity contribution is 0.0696. The summed E-state index contributed by atoms with van der Waals surface area (Å²) in [7, 11) is -4.12. The third-order valence-electron chi connectivity index (χ3n) is 5.68. The Bertz CT molecular complexity index is 1300. The summed E-state index contributed by atoms with van der Waals surface area (Å²) in [5.74, 6) is -0.807. The number of nitrogens with one attached hydrogen (secondary N) is 1. The number of aryl methyl sites for hydroxylation is 3. The summed E-state index contributed by atoms with van der Waals surface area (Å²) in [5, 5.41) is 9.22. The molecule has 0 spiro atoms. The van der Waals surface area contributed by atoms with Gasteiger partial charge in [-0.15, -0.1) is 0 Å². The third-order valence-corrected chi connectivity index (χ3v) is 7.00. The van der Waals surface area contributed by atoms with E-state index in [0.717, 1.165) is 29.2 Å². The molecule has 9 heteroatoms. The number of carboxylic acid groups (broad SMARTS) is 1. The van der Waals surface area contributed by atoms with Crippen LogP contribution in [0.25, 0.3) is 11.3 Å². The monoisotopic (exact) mass is 496 g/mol. The lowest BCUT2D eigenvalue weighted by Crippen LogP contribution is -2.23. The number of carboxylic acids is 1. The number of anilines is 1. The van der Waals surface area contributed by atoms with Crippen LogP contribution in [0.4, 0.5) is 5.95 Å². The molecule has 35 heavy (non-hydrogen) atoms. The molecule has 3 rings (SSSR count). The minimum absolute atomic E-state index is 0.00696. The summed E-state index contributed by atoms with van der Waals surface area (Å²) in [6, 6.07) is 12.9. The van der Waals surface area contributed by atoms with E-state index < -0.39 is 16.0 Å². The molecule has 186 valence electrons. The number of nitrogens with zero attached hydrogens (tertiary/aromatic N) is 2. The molecule has 0 amide bonds. The van der Waals surface area contributed by atoms with Crippen molar-refractivity contribution in [2.45, 2.75) is 57.9 Å². The predicted molar refractivity (Wildman–Crippen MR) is 137 cm³/mol. The van der Waals surface area contributed by atoms with E-state index in [2.05, 4.69) is 28.5 Å². The van der Waals surface area contributed by atoms with Crippen LogP contribution >= 0.6 is 0 Å². The molecule has 1 aromatic heterocycles. The number of hydrogen-bond acceptors (Lipinski definition) is 6. The summed E-state index contributed by atoms with van der Waals surface area (Å²) in [6.45, 7) is 8.19. The zero-order chi connectivity index (χ0) is 25.8. The Balaban J connectivity index is 2.01. The van der Waals surface area contributed by atoms with E-state index in [1.807, 2.05) is 38.1 Å². The van der Waals surface area contributed by atoms with Gasteiger partial charge in [0.05, 0.1) is 16.2 Å². The van der Waals surface area contributed by atoms with Crippen LogP contribution < -0.4 is 10.5 Å². The lowest BCUT2D eigenvalue weighted by atomic mass is 9.97. The number of aromatic nitrogens is 2. The summed E-state index contributed by atoms with van der Waals surface area (Å²) in [4.78, 5) is 20.1. The second-order valence-electron chi connectivity index (χ2n) is 9.20. The first-order valence-electron chi connectivity index (χ1n) is 11.5. The third kappa shape index (κ3) is 6.86. The fraction of sp³-hybridized carbons (Fsp3) is 0.346. The summed E-state index contributed by atoms with van der Waals surface area (Å²) in [6.07, 6.45) is 2.15. The Hall–Kier alpha value is -3.30. The van der Waals surface area contributed by atoms with Crippen molar-refractivity contribution in [3.63, 3.8) is 0 Å². The highest BCUT2D eigenvalue weighted by Crippen LogP contribution is 2.28. The van der Waals surface area contributed by atoms with Crippen molar-refractivity contribution < 1.29 is 18.3 Å². The standard InChI is InChI=1S/C26H32N4O4S/c1-16(2)13-20(27)11-12-21-15-23(24-17(3)7-5-8-18(24)4)29-26(28-21)30-35(33,34)22-10-6-9-19(14-22)25(31)32/h5-10,14-16,20H,11-13,27H2,1-4H3,(H,31,32)(H,28,29,30)/t20-/m0/s1. The number of hydrogen-bond donors (Lipinski definition) is 3. The molecule has 3 aromatic rings. The van der Waals surface area contributed by atoms with Gasteiger partial charge in [-0.3, -0.25) is 0 Å². The van der Waals surface area contributed by atoms with E-state index in [4.69, 9.17) is 5.73 Å². The predicted octanol–water partition coefficient (Wildman–Crippen LogP) is 4.57. The van der Waals surface area contributed by atoms with Crippen LogP contribution in [0.1, 0.15) is 53.9 Å². The van der Waals surface area contributed by atoms with Gasteiger partial charge in [0.1, 0.15) is 0 Å². The first-order valence-corrected chi connectivity index (χ1v) is 13.0. The molecule has 8 nitrogen and oxygen atoms in total. The van der Waals surface area contributed by atoms with Gasteiger partial charge in [0.15, 0.2) is 0 Å². The number of aromatic carboxylic acids is 1. The van der Waals surface area contributed by atoms with E-state index in [1.54, 1.807) is 0 Å². The quantitative estimate of drug-likeness (QED) is 0.374. The van der Waals surface area contributed by atoms with Crippen molar-refractivity contribution >= 4 is 21.9 Å². The van der Waals surface area contributed by atoms with Crippen LogP contribution in [0.2, 0.25) is 0 Å². The van der Waals surface area contributed by atoms with Crippen LogP contribution in [0.5, 0.6) is 0 Å². The van der Waals surface area contributed by atoms with Crippen LogP contribution in [0, 0.1) is 19.8 Å². The van der Waals surface area contributed by atoms with Gasteiger partial charge >= 0.3 is 5.97 Å². The molecule has 0 bridgehead atoms. The molecule has 1 atom stereocenters. The highest BCUT2D eigenvalue weighted by Gasteiger charge is 2.20. The average molecular weight is 497 g/mol. The van der Waals surface area contributed by atoms with Crippen molar-refractivity contribution in [3.8, 4) is 11.3 Å². The SMILES string of the molecule is Cc1cccc(C)c1-c1cc(CC[C@H](N)CC(C)C)nc(NS(=O)(=O)c2cccc(C(=O)O)c2)n1. The Morgan fingerprint density at radius 2 is 1.71 bits per heavy atom. The summed E-state index contributed by atoms with van der Waals surface area (Å²) in [5.41, 5.74) is 10.4. The molecule has 0 saturated carbocycles. The molecule has 2 aromatic carbocycles. The summed E-state index contributed by atoms with van der Waals surface area (Å²) >= 11 is 0.